The van der Waals surface area contributed by atoms with Gasteiger partial charge in [0.25, 0.3) is 0 Å². The van der Waals surface area contributed by atoms with Gasteiger partial charge in [0, 0.05) is 28.2 Å². The highest BCUT2D eigenvalue weighted by Crippen LogP contribution is 2.24. The summed E-state index contributed by atoms with van der Waals surface area (Å²) in [5.41, 5.74) is 2.33. The molecule has 1 heterocycles. The summed E-state index contributed by atoms with van der Waals surface area (Å²) in [6, 6.07) is 12.7. The molecule has 0 atom stereocenters. The summed E-state index contributed by atoms with van der Waals surface area (Å²) in [7, 11) is 0. The fraction of sp³-hybridized carbons (Fsp3) is 0.125. The molecule has 0 unspecified atom stereocenters. The van der Waals surface area contributed by atoms with Gasteiger partial charge >= 0.3 is 0 Å². The van der Waals surface area contributed by atoms with Gasteiger partial charge in [-0.05, 0) is 12.1 Å². The van der Waals surface area contributed by atoms with Crippen molar-refractivity contribution in [3.8, 4) is 0 Å². The van der Waals surface area contributed by atoms with Crippen molar-refractivity contribution in [2.45, 2.75) is 13.2 Å². The number of halogens is 2. The summed E-state index contributed by atoms with van der Waals surface area (Å²) in [5, 5.41) is 10.5. The van der Waals surface area contributed by atoms with Crippen LogP contribution in [0.2, 0.25) is 5.02 Å². The standard InChI is InChI=1S/C16H13ClFNO/c17-14-6-3-4-11(16(14)18)8-19-9-12(10-20)13-5-1-2-7-15(13)19/h1-7,9,20H,8,10H2. The largest absolute Gasteiger partial charge is 0.392 e. The van der Waals surface area contributed by atoms with E-state index >= 15 is 0 Å². The van der Waals surface area contributed by atoms with Gasteiger partial charge < -0.3 is 9.67 Å². The molecule has 3 aromatic rings. The Morgan fingerprint density at radius 2 is 1.85 bits per heavy atom. The van der Waals surface area contributed by atoms with E-state index in [1.54, 1.807) is 12.1 Å². The van der Waals surface area contributed by atoms with Crippen molar-refractivity contribution < 1.29 is 9.50 Å². The molecule has 2 nitrogen and oxygen atoms in total. The van der Waals surface area contributed by atoms with Crippen molar-refractivity contribution >= 4 is 22.5 Å². The van der Waals surface area contributed by atoms with Crippen LogP contribution in [-0.2, 0) is 13.2 Å². The van der Waals surface area contributed by atoms with Crippen LogP contribution in [0.1, 0.15) is 11.1 Å². The van der Waals surface area contributed by atoms with Gasteiger partial charge in [0.15, 0.2) is 0 Å². The van der Waals surface area contributed by atoms with Crippen LogP contribution in [0.4, 0.5) is 4.39 Å². The molecule has 1 aromatic heterocycles. The Kier molecular flexibility index (Phi) is 3.47. The molecule has 0 aliphatic rings. The summed E-state index contributed by atoms with van der Waals surface area (Å²) in [6.07, 6.45) is 1.85. The number of benzene rings is 2. The molecule has 102 valence electrons. The smallest absolute Gasteiger partial charge is 0.146 e. The number of para-hydroxylation sites is 1. The third-order valence-electron chi connectivity index (χ3n) is 3.41. The minimum Gasteiger partial charge on any atom is -0.392 e. The second-order valence-corrected chi connectivity index (χ2v) is 5.08. The zero-order chi connectivity index (χ0) is 14.1. The highest BCUT2D eigenvalue weighted by Gasteiger charge is 2.11. The molecule has 2 aromatic carbocycles. The van der Waals surface area contributed by atoms with Crippen molar-refractivity contribution in [3.63, 3.8) is 0 Å². The van der Waals surface area contributed by atoms with Crippen LogP contribution in [0.15, 0.2) is 48.7 Å². The summed E-state index contributed by atoms with van der Waals surface area (Å²) in [6.45, 7) is 0.346. The van der Waals surface area contributed by atoms with Gasteiger partial charge in [0.2, 0.25) is 0 Å². The molecule has 0 fully saturated rings. The average Bonchev–Trinajstić information content (AvgIpc) is 2.82. The van der Waals surface area contributed by atoms with E-state index in [4.69, 9.17) is 11.6 Å². The lowest BCUT2D eigenvalue weighted by Crippen LogP contribution is -2.00. The molecule has 20 heavy (non-hydrogen) atoms. The molecule has 0 radical (unpaired) electrons. The Balaban J connectivity index is 2.09. The molecule has 0 aliphatic heterocycles. The van der Waals surface area contributed by atoms with Gasteiger partial charge in [-0.2, -0.15) is 0 Å². The first-order valence-corrected chi connectivity index (χ1v) is 6.69. The lowest BCUT2D eigenvalue weighted by atomic mass is 10.2. The minimum atomic E-state index is -0.391. The summed E-state index contributed by atoms with van der Waals surface area (Å²) in [4.78, 5) is 0. The molecular formula is C16H13ClFNO. The molecule has 0 saturated carbocycles. The van der Waals surface area contributed by atoms with Gasteiger partial charge in [0.05, 0.1) is 18.2 Å². The Hall–Kier alpha value is -1.84. The molecule has 4 heteroatoms. The number of hydrogen-bond donors (Lipinski definition) is 1. The zero-order valence-electron chi connectivity index (χ0n) is 10.7. The molecule has 0 aliphatic carbocycles. The van der Waals surface area contributed by atoms with Gasteiger partial charge in [-0.1, -0.05) is 41.9 Å². The first-order chi connectivity index (χ1) is 9.70. The molecule has 0 saturated heterocycles. The minimum absolute atomic E-state index is 0.0362. The molecule has 3 rings (SSSR count). The van der Waals surface area contributed by atoms with Crippen molar-refractivity contribution in [3.05, 3.63) is 70.6 Å². The van der Waals surface area contributed by atoms with Crippen LogP contribution >= 0.6 is 11.6 Å². The first kappa shape index (κ1) is 13.2. The molecule has 0 bridgehead atoms. The number of aliphatic hydroxyl groups is 1. The van der Waals surface area contributed by atoms with Crippen LogP contribution in [0.25, 0.3) is 10.9 Å². The molecule has 1 N–H and O–H groups in total. The summed E-state index contributed by atoms with van der Waals surface area (Å²) in [5.74, 6) is -0.391. The first-order valence-electron chi connectivity index (χ1n) is 6.31. The summed E-state index contributed by atoms with van der Waals surface area (Å²) < 4.78 is 15.9. The average molecular weight is 290 g/mol. The maximum Gasteiger partial charge on any atom is 0.146 e. The monoisotopic (exact) mass is 289 g/mol. The van der Waals surface area contributed by atoms with Crippen LogP contribution in [-0.4, -0.2) is 9.67 Å². The lowest BCUT2D eigenvalue weighted by molar-refractivity contribution is 0.283. The molecule has 0 spiro atoms. The highest BCUT2D eigenvalue weighted by molar-refractivity contribution is 6.30. The van der Waals surface area contributed by atoms with Crippen LogP contribution in [0, 0.1) is 5.82 Å². The van der Waals surface area contributed by atoms with E-state index in [0.29, 0.717) is 12.1 Å². The number of hydrogen-bond acceptors (Lipinski definition) is 1. The second kappa shape index (κ2) is 5.27. The summed E-state index contributed by atoms with van der Waals surface area (Å²) >= 11 is 5.81. The Bertz CT molecular complexity index is 766. The maximum absolute atomic E-state index is 14.0. The fourth-order valence-electron chi connectivity index (χ4n) is 2.43. The molecule has 0 amide bonds. The second-order valence-electron chi connectivity index (χ2n) is 4.67. The predicted octanol–water partition coefficient (Wildman–Crippen LogP) is 3.97. The number of fused-ring (bicyclic) bond motifs is 1. The van der Waals surface area contributed by atoms with E-state index in [2.05, 4.69) is 0 Å². The van der Waals surface area contributed by atoms with Crippen LogP contribution in [0.5, 0.6) is 0 Å². The third-order valence-corrected chi connectivity index (χ3v) is 3.71. The van der Waals surface area contributed by atoms with E-state index in [-0.39, 0.29) is 11.6 Å². The van der Waals surface area contributed by atoms with Gasteiger partial charge in [-0.25, -0.2) is 4.39 Å². The van der Waals surface area contributed by atoms with Crippen molar-refractivity contribution in [2.24, 2.45) is 0 Å². The zero-order valence-corrected chi connectivity index (χ0v) is 11.4. The normalized spacial score (nSPS) is 11.2. The Labute approximate surface area is 121 Å². The van der Waals surface area contributed by atoms with E-state index in [0.717, 1.165) is 16.5 Å². The van der Waals surface area contributed by atoms with Gasteiger partial charge in [-0.3, -0.25) is 0 Å². The number of aromatic nitrogens is 1. The van der Waals surface area contributed by atoms with E-state index in [1.807, 2.05) is 35.0 Å². The van der Waals surface area contributed by atoms with Crippen LogP contribution < -0.4 is 0 Å². The van der Waals surface area contributed by atoms with E-state index in [1.165, 1.54) is 6.07 Å². The fourth-order valence-corrected chi connectivity index (χ4v) is 2.63. The Morgan fingerprint density at radius 1 is 1.05 bits per heavy atom. The van der Waals surface area contributed by atoms with Gasteiger partial charge in [-0.15, -0.1) is 0 Å². The lowest BCUT2D eigenvalue weighted by Gasteiger charge is -2.07. The maximum atomic E-state index is 14.0. The SMILES string of the molecule is OCc1cn(Cc2cccc(Cl)c2F)c2ccccc12. The molecular weight excluding hydrogens is 277 g/mol. The van der Waals surface area contributed by atoms with Crippen LogP contribution in [0.3, 0.4) is 0 Å². The third kappa shape index (κ3) is 2.19. The number of rotatable bonds is 3. The number of nitrogens with zero attached hydrogens (tertiary/aromatic N) is 1. The number of aliphatic hydroxyl groups excluding tert-OH is 1. The van der Waals surface area contributed by atoms with Crippen molar-refractivity contribution in [1.82, 2.24) is 4.57 Å². The van der Waals surface area contributed by atoms with Crippen molar-refractivity contribution in [2.75, 3.05) is 0 Å². The van der Waals surface area contributed by atoms with E-state index in [9.17, 15) is 9.50 Å². The highest BCUT2D eigenvalue weighted by atomic mass is 35.5. The quantitative estimate of drug-likeness (QED) is 0.775. The van der Waals surface area contributed by atoms with Crippen molar-refractivity contribution in [1.29, 1.82) is 0 Å². The Morgan fingerprint density at radius 3 is 2.65 bits per heavy atom. The van der Waals surface area contributed by atoms with Gasteiger partial charge in [0.1, 0.15) is 5.82 Å². The van der Waals surface area contributed by atoms with E-state index < -0.39 is 5.82 Å². The predicted molar refractivity (Wildman–Crippen MR) is 78.4 cm³/mol. The topological polar surface area (TPSA) is 25.2 Å².